The molecule has 214 valence electrons. The average Bonchev–Trinajstić information content (AvgIpc) is 3.30. The highest BCUT2D eigenvalue weighted by atomic mass is 35.5. The van der Waals surface area contributed by atoms with Crippen LogP contribution in [0.4, 0.5) is 10.2 Å². The van der Waals surface area contributed by atoms with Crippen molar-refractivity contribution in [1.29, 1.82) is 0 Å². The van der Waals surface area contributed by atoms with Crippen molar-refractivity contribution in [1.82, 2.24) is 18.9 Å². The third kappa shape index (κ3) is 5.38. The molecule has 40 heavy (non-hydrogen) atoms. The molecule has 0 amide bonds. The van der Waals surface area contributed by atoms with E-state index in [0.717, 1.165) is 10.2 Å². The monoisotopic (exact) mass is 591 g/mol. The number of rotatable bonds is 8. The van der Waals surface area contributed by atoms with Crippen LogP contribution in [0, 0.1) is 5.82 Å². The van der Waals surface area contributed by atoms with E-state index in [0.29, 0.717) is 35.2 Å². The molecule has 0 spiro atoms. The lowest BCUT2D eigenvalue weighted by atomic mass is 9.78. The summed E-state index contributed by atoms with van der Waals surface area (Å²) >= 11 is 6.16. The second-order valence-electron chi connectivity index (χ2n) is 10.8. The number of allylic oxidation sites excluding steroid dienone is 3. The van der Waals surface area contributed by atoms with Gasteiger partial charge in [-0.3, -0.25) is 0 Å². The summed E-state index contributed by atoms with van der Waals surface area (Å²) in [5, 5.41) is 33.8. The SMILES string of the molecule is CC1(S(=O)(=O)n2cc(-c3ncc(F)c(N[C@H]4CCC[C@](O)(CC(O)CO)C4)n3)c3cccnc32)C=C(Cl)C=CC1. The summed E-state index contributed by atoms with van der Waals surface area (Å²) in [5.74, 6) is -0.697. The highest BCUT2D eigenvalue weighted by Gasteiger charge is 2.41. The Morgan fingerprint density at radius 3 is 2.90 bits per heavy atom. The molecule has 0 aromatic carbocycles. The quantitative estimate of drug-likeness (QED) is 0.309. The lowest BCUT2D eigenvalue weighted by Gasteiger charge is -2.38. The summed E-state index contributed by atoms with van der Waals surface area (Å²) in [4.78, 5) is 12.9. The number of aliphatic hydroxyl groups is 3. The minimum absolute atomic E-state index is 0.00920. The maximum absolute atomic E-state index is 14.9. The van der Waals surface area contributed by atoms with Crippen molar-refractivity contribution in [2.45, 2.75) is 67.9 Å². The molecule has 4 N–H and O–H groups in total. The molecule has 0 aliphatic heterocycles. The number of hydrogen-bond acceptors (Lipinski definition) is 9. The molecule has 5 rings (SSSR count). The van der Waals surface area contributed by atoms with E-state index in [4.69, 9.17) is 11.6 Å². The summed E-state index contributed by atoms with van der Waals surface area (Å²) in [6.45, 7) is 1.13. The van der Waals surface area contributed by atoms with Crippen LogP contribution in [0.3, 0.4) is 0 Å². The van der Waals surface area contributed by atoms with Gasteiger partial charge in [-0.2, -0.15) is 0 Å². The number of nitrogens with one attached hydrogen (secondary N) is 1. The Labute approximate surface area is 236 Å². The van der Waals surface area contributed by atoms with Crippen LogP contribution in [0.25, 0.3) is 22.4 Å². The first-order valence-corrected chi connectivity index (χ1v) is 14.8. The number of pyridine rings is 1. The summed E-state index contributed by atoms with van der Waals surface area (Å²) in [6.07, 6.45) is 9.89. The predicted molar refractivity (Wildman–Crippen MR) is 150 cm³/mol. The highest BCUT2D eigenvalue weighted by molar-refractivity contribution is 7.91. The molecule has 1 fully saturated rings. The predicted octanol–water partition coefficient (Wildman–Crippen LogP) is 3.48. The first kappa shape index (κ1) is 28.6. The number of anilines is 1. The summed E-state index contributed by atoms with van der Waals surface area (Å²) in [5.41, 5.74) is -0.675. The number of aromatic nitrogens is 4. The molecule has 2 aliphatic carbocycles. The van der Waals surface area contributed by atoms with E-state index in [1.807, 2.05) is 0 Å². The number of aliphatic hydroxyl groups excluding tert-OH is 2. The van der Waals surface area contributed by atoms with Gasteiger partial charge in [-0.1, -0.05) is 17.7 Å². The van der Waals surface area contributed by atoms with E-state index in [-0.39, 0.29) is 42.6 Å². The van der Waals surface area contributed by atoms with Crippen molar-refractivity contribution in [3.05, 3.63) is 59.8 Å². The fourth-order valence-electron chi connectivity index (χ4n) is 5.54. The van der Waals surface area contributed by atoms with E-state index < -0.39 is 38.9 Å². The van der Waals surface area contributed by atoms with Crippen molar-refractivity contribution in [3.63, 3.8) is 0 Å². The Hall–Kier alpha value is -2.90. The molecule has 0 bridgehead atoms. The molecular weight excluding hydrogens is 561 g/mol. The molecule has 2 unspecified atom stereocenters. The van der Waals surface area contributed by atoms with Gasteiger partial charge in [-0.25, -0.2) is 31.7 Å². The van der Waals surface area contributed by atoms with Crippen LogP contribution in [0.15, 0.2) is 54.0 Å². The van der Waals surface area contributed by atoms with Gasteiger partial charge >= 0.3 is 0 Å². The molecule has 0 saturated heterocycles. The maximum atomic E-state index is 14.9. The normalized spacial score (nSPS) is 26.1. The lowest BCUT2D eigenvalue weighted by molar-refractivity contribution is -0.0512. The molecule has 3 aromatic heterocycles. The van der Waals surface area contributed by atoms with Crippen LogP contribution in [0.2, 0.25) is 0 Å². The van der Waals surface area contributed by atoms with Crippen molar-refractivity contribution >= 4 is 38.5 Å². The zero-order valence-electron chi connectivity index (χ0n) is 21.8. The fraction of sp³-hybridized carbons (Fsp3) is 0.444. The number of fused-ring (bicyclic) bond motifs is 1. The molecule has 4 atom stereocenters. The topological polar surface area (TPSA) is 150 Å². The van der Waals surface area contributed by atoms with E-state index in [1.165, 1.54) is 18.5 Å². The summed E-state index contributed by atoms with van der Waals surface area (Å²) < 4.78 is 42.4. The molecule has 2 aliphatic rings. The van der Waals surface area contributed by atoms with Gasteiger partial charge in [0, 0.05) is 40.8 Å². The Balaban J connectivity index is 1.50. The largest absolute Gasteiger partial charge is 0.394 e. The Kier molecular flexibility index (Phi) is 7.75. The van der Waals surface area contributed by atoms with Crippen LogP contribution in [0.1, 0.15) is 45.4 Å². The van der Waals surface area contributed by atoms with Crippen molar-refractivity contribution < 1.29 is 28.1 Å². The standard InChI is InChI=1S/C27H31ClFN5O5S/c1-26(8-2-5-17(28)11-26)40(38,39)34-15-21(20-7-4-10-30-25(20)34)23-31-14-22(29)24(33-23)32-18-6-3-9-27(37,12-18)13-19(36)16-35/h2,4-5,7,10-11,14-15,18-19,35-37H,3,6,8-9,12-13,16H2,1H3,(H,31,32,33)/t18-,19?,26?,27+/m0/s1. The summed E-state index contributed by atoms with van der Waals surface area (Å²) in [7, 11) is -4.04. The smallest absolute Gasteiger partial charge is 0.249 e. The van der Waals surface area contributed by atoms with Crippen molar-refractivity contribution in [3.8, 4) is 11.4 Å². The molecule has 3 heterocycles. The highest BCUT2D eigenvalue weighted by Crippen LogP contribution is 2.37. The minimum Gasteiger partial charge on any atom is -0.394 e. The van der Waals surface area contributed by atoms with Gasteiger partial charge in [0.05, 0.1) is 24.5 Å². The zero-order chi connectivity index (χ0) is 28.7. The molecule has 0 radical (unpaired) electrons. The van der Waals surface area contributed by atoms with Gasteiger partial charge in [0.1, 0.15) is 4.75 Å². The van der Waals surface area contributed by atoms with Gasteiger partial charge in [0.25, 0.3) is 0 Å². The van der Waals surface area contributed by atoms with Crippen LogP contribution >= 0.6 is 11.6 Å². The zero-order valence-corrected chi connectivity index (χ0v) is 23.4. The van der Waals surface area contributed by atoms with Crippen LogP contribution in [-0.2, 0) is 10.0 Å². The maximum Gasteiger partial charge on any atom is 0.249 e. The molecule has 13 heteroatoms. The number of halogens is 2. The first-order valence-electron chi connectivity index (χ1n) is 13.0. The molecule has 10 nitrogen and oxygen atoms in total. The average molecular weight is 592 g/mol. The Morgan fingerprint density at radius 1 is 1.35 bits per heavy atom. The third-order valence-electron chi connectivity index (χ3n) is 7.60. The Morgan fingerprint density at radius 2 is 2.15 bits per heavy atom. The second-order valence-corrected chi connectivity index (χ2v) is 13.5. The van der Waals surface area contributed by atoms with Gasteiger partial charge in [0.2, 0.25) is 10.0 Å². The van der Waals surface area contributed by atoms with Crippen molar-refractivity contribution in [2.24, 2.45) is 0 Å². The van der Waals surface area contributed by atoms with Crippen LogP contribution in [0.5, 0.6) is 0 Å². The van der Waals surface area contributed by atoms with Crippen LogP contribution < -0.4 is 5.32 Å². The number of nitrogens with zero attached hydrogens (tertiary/aromatic N) is 4. The molecular formula is C27H31ClFN5O5S. The number of hydrogen-bond donors (Lipinski definition) is 4. The van der Waals surface area contributed by atoms with Gasteiger partial charge < -0.3 is 20.6 Å². The van der Waals surface area contributed by atoms with E-state index in [9.17, 15) is 28.1 Å². The minimum atomic E-state index is -4.04. The van der Waals surface area contributed by atoms with Gasteiger partial charge in [-0.15, -0.1) is 0 Å². The van der Waals surface area contributed by atoms with Crippen LogP contribution in [-0.4, -0.2) is 71.8 Å². The van der Waals surface area contributed by atoms with E-state index in [1.54, 1.807) is 31.2 Å². The van der Waals surface area contributed by atoms with Crippen molar-refractivity contribution in [2.75, 3.05) is 11.9 Å². The van der Waals surface area contributed by atoms with Gasteiger partial charge in [-0.05, 0) is 63.3 Å². The lowest BCUT2D eigenvalue weighted by Crippen LogP contribution is -2.43. The summed E-state index contributed by atoms with van der Waals surface area (Å²) in [6, 6.07) is 3.02. The molecule has 1 saturated carbocycles. The van der Waals surface area contributed by atoms with E-state index in [2.05, 4.69) is 20.3 Å². The fourth-order valence-corrected chi connectivity index (χ4v) is 7.59. The van der Waals surface area contributed by atoms with E-state index >= 15 is 0 Å². The second kappa shape index (κ2) is 10.8. The third-order valence-corrected chi connectivity index (χ3v) is 10.1. The first-order chi connectivity index (χ1) is 18.9. The molecule has 3 aromatic rings. The van der Waals surface area contributed by atoms with Gasteiger partial charge in [0.15, 0.2) is 23.1 Å². The Bertz CT molecular complexity index is 1600.